The number of amides is 1. The van der Waals surface area contributed by atoms with E-state index < -0.39 is 0 Å². The molecule has 1 amide bonds. The monoisotopic (exact) mass is 369 g/mol. The summed E-state index contributed by atoms with van der Waals surface area (Å²) >= 11 is 4.91. The van der Waals surface area contributed by atoms with Gasteiger partial charge < -0.3 is 9.32 Å². The molecule has 0 unspecified atom stereocenters. The maximum Gasteiger partial charge on any atom is 0.266 e. The van der Waals surface area contributed by atoms with E-state index in [0.717, 1.165) is 23.4 Å². The molecule has 0 radical (unpaired) electrons. The molecule has 1 aromatic rings. The van der Waals surface area contributed by atoms with E-state index in [4.69, 9.17) is 4.42 Å². The molecule has 2 aliphatic heterocycles. The van der Waals surface area contributed by atoms with Crippen LogP contribution in [0.2, 0.25) is 0 Å². The fourth-order valence-corrected chi connectivity index (χ4v) is 3.93. The second-order valence-corrected chi connectivity index (χ2v) is 6.84. The minimum absolute atomic E-state index is 0.0455. The third-order valence-corrected chi connectivity index (χ3v) is 5.27. The highest BCUT2D eigenvalue weighted by Gasteiger charge is 2.30. The van der Waals surface area contributed by atoms with Gasteiger partial charge in [0.25, 0.3) is 5.91 Å². The van der Waals surface area contributed by atoms with Crippen molar-refractivity contribution in [1.29, 1.82) is 0 Å². The van der Waals surface area contributed by atoms with E-state index in [0.29, 0.717) is 15.8 Å². The van der Waals surface area contributed by atoms with Gasteiger partial charge in [0.1, 0.15) is 5.76 Å². The molecule has 3 heterocycles. The van der Waals surface area contributed by atoms with Gasteiger partial charge in [0.15, 0.2) is 5.17 Å². The van der Waals surface area contributed by atoms with Crippen molar-refractivity contribution in [2.45, 2.75) is 12.8 Å². The lowest BCUT2D eigenvalue weighted by Crippen LogP contribution is -2.23. The summed E-state index contributed by atoms with van der Waals surface area (Å²) in [6.45, 7) is 2.04. The lowest BCUT2D eigenvalue weighted by Gasteiger charge is -2.13. The number of aliphatic imine (C=N–C) groups is 1. The molecule has 0 atom stereocenters. The van der Waals surface area contributed by atoms with Crippen LogP contribution in [0, 0.1) is 0 Å². The average molecular weight is 370 g/mol. The summed E-state index contributed by atoms with van der Waals surface area (Å²) in [5.74, 6) is 1.49. The number of hydrogen-bond donors (Lipinski definition) is 0. The molecular weight excluding hydrogens is 354 g/mol. The second-order valence-electron chi connectivity index (χ2n) is 4.98. The molecule has 3 rings (SSSR count). The van der Waals surface area contributed by atoms with Gasteiger partial charge in [-0.05, 0) is 40.5 Å². The van der Waals surface area contributed by atoms with Crippen molar-refractivity contribution < 1.29 is 9.21 Å². The van der Waals surface area contributed by atoms with Crippen LogP contribution in [-0.2, 0) is 4.79 Å². The van der Waals surface area contributed by atoms with Gasteiger partial charge in [0.2, 0.25) is 5.88 Å². The molecule has 7 heteroatoms. The molecule has 2 aliphatic rings. The highest BCUT2D eigenvalue weighted by molar-refractivity contribution is 9.10. The molecule has 0 saturated carbocycles. The van der Waals surface area contributed by atoms with Crippen LogP contribution in [0.25, 0.3) is 6.08 Å². The Morgan fingerprint density at radius 3 is 2.76 bits per heavy atom. The van der Waals surface area contributed by atoms with Gasteiger partial charge in [-0.2, -0.15) is 0 Å². The molecule has 1 aromatic heterocycles. The highest BCUT2D eigenvalue weighted by Crippen LogP contribution is 2.36. The topological polar surface area (TPSA) is 49.1 Å². The van der Waals surface area contributed by atoms with Crippen molar-refractivity contribution in [3.8, 4) is 0 Å². The van der Waals surface area contributed by atoms with E-state index in [1.54, 1.807) is 25.1 Å². The molecule has 0 N–H and O–H groups in total. The van der Waals surface area contributed by atoms with E-state index in [1.807, 2.05) is 6.07 Å². The predicted octanol–water partition coefficient (Wildman–Crippen LogP) is 3.17. The lowest BCUT2D eigenvalue weighted by molar-refractivity contribution is -0.121. The molecule has 5 nitrogen and oxygen atoms in total. The zero-order chi connectivity index (χ0) is 15.0. The van der Waals surface area contributed by atoms with Gasteiger partial charge >= 0.3 is 0 Å². The summed E-state index contributed by atoms with van der Waals surface area (Å²) in [5.41, 5.74) is 0. The van der Waals surface area contributed by atoms with Gasteiger partial charge in [-0.1, -0.05) is 0 Å². The Kier molecular flexibility index (Phi) is 4.12. The number of carbonyl (C=O) groups is 1. The molecular formula is C14H16BrN3O2S. The quantitative estimate of drug-likeness (QED) is 0.751. The Labute approximate surface area is 136 Å². The fraction of sp³-hybridized carbons (Fsp3) is 0.429. The Bertz CT molecular complexity index is 632. The Morgan fingerprint density at radius 1 is 1.43 bits per heavy atom. The van der Waals surface area contributed by atoms with Gasteiger partial charge in [-0.15, -0.1) is 0 Å². The number of anilines is 1. The molecule has 112 valence electrons. The summed E-state index contributed by atoms with van der Waals surface area (Å²) < 4.78 is 6.83. The minimum Gasteiger partial charge on any atom is -0.440 e. The van der Waals surface area contributed by atoms with Gasteiger partial charge in [0.05, 0.1) is 9.38 Å². The number of likely N-dealkylation sites (N-methyl/N-ethyl adjacent to an activating group) is 1. The van der Waals surface area contributed by atoms with Crippen molar-refractivity contribution in [1.82, 2.24) is 4.90 Å². The number of hydrogen-bond acceptors (Lipinski definition) is 5. The van der Waals surface area contributed by atoms with Crippen LogP contribution in [0.1, 0.15) is 18.6 Å². The highest BCUT2D eigenvalue weighted by atomic mass is 79.9. The largest absolute Gasteiger partial charge is 0.440 e. The van der Waals surface area contributed by atoms with Crippen LogP contribution in [0.5, 0.6) is 0 Å². The third kappa shape index (κ3) is 2.76. The first kappa shape index (κ1) is 14.7. The maximum atomic E-state index is 12.1. The third-order valence-electron chi connectivity index (χ3n) is 3.55. The molecule has 2 saturated heterocycles. The van der Waals surface area contributed by atoms with Crippen molar-refractivity contribution in [2.24, 2.45) is 4.99 Å². The van der Waals surface area contributed by atoms with E-state index in [9.17, 15) is 4.79 Å². The van der Waals surface area contributed by atoms with Gasteiger partial charge in [-0.3, -0.25) is 14.7 Å². The number of nitrogens with zero attached hydrogens (tertiary/aromatic N) is 3. The molecule has 0 bridgehead atoms. The summed E-state index contributed by atoms with van der Waals surface area (Å²) in [4.78, 5) is 20.6. The fourth-order valence-electron chi connectivity index (χ4n) is 2.46. The maximum absolute atomic E-state index is 12.1. The first-order valence-electron chi connectivity index (χ1n) is 6.79. The van der Waals surface area contributed by atoms with Crippen LogP contribution in [0.15, 0.2) is 24.9 Å². The molecule has 0 aromatic carbocycles. The summed E-state index contributed by atoms with van der Waals surface area (Å²) in [5, 5.41) is 0.705. The second kappa shape index (κ2) is 5.88. The Balaban J connectivity index is 1.87. The zero-order valence-corrected chi connectivity index (χ0v) is 14.3. The Hall–Kier alpha value is -1.21. The lowest BCUT2D eigenvalue weighted by atomic mass is 10.3. The van der Waals surface area contributed by atoms with Gasteiger partial charge in [-0.25, -0.2) is 0 Å². The van der Waals surface area contributed by atoms with Crippen LogP contribution in [-0.4, -0.2) is 43.2 Å². The summed E-state index contributed by atoms with van der Waals surface area (Å²) in [6.07, 6.45) is 4.17. The number of halogens is 1. The number of thioether (sulfide) groups is 1. The van der Waals surface area contributed by atoms with Crippen molar-refractivity contribution in [3.05, 3.63) is 21.2 Å². The van der Waals surface area contributed by atoms with Crippen molar-refractivity contribution in [3.63, 3.8) is 0 Å². The van der Waals surface area contributed by atoms with Crippen LogP contribution in [0.3, 0.4) is 0 Å². The van der Waals surface area contributed by atoms with E-state index in [-0.39, 0.29) is 5.91 Å². The minimum atomic E-state index is -0.0455. The molecule has 0 aliphatic carbocycles. The Morgan fingerprint density at radius 2 is 2.14 bits per heavy atom. The summed E-state index contributed by atoms with van der Waals surface area (Å²) in [7, 11) is 3.41. The van der Waals surface area contributed by atoms with Crippen LogP contribution >= 0.6 is 27.7 Å². The molecule has 21 heavy (non-hydrogen) atoms. The SMILES string of the molecule is CN=C1S/C(=C\c2cc(Br)c(N3CCCC3)o2)C(=O)N1C. The molecule has 0 spiro atoms. The first-order valence-corrected chi connectivity index (χ1v) is 8.40. The zero-order valence-electron chi connectivity index (χ0n) is 11.9. The van der Waals surface area contributed by atoms with Gasteiger partial charge in [0, 0.05) is 39.3 Å². The average Bonchev–Trinajstić information content (AvgIpc) is 3.15. The van der Waals surface area contributed by atoms with Crippen LogP contribution < -0.4 is 4.90 Å². The normalized spacial score (nSPS) is 23.1. The van der Waals surface area contributed by atoms with Crippen LogP contribution in [0.4, 0.5) is 5.88 Å². The number of rotatable bonds is 2. The molecule has 2 fully saturated rings. The summed E-state index contributed by atoms with van der Waals surface area (Å²) in [6, 6.07) is 1.91. The van der Waals surface area contributed by atoms with Crippen molar-refractivity contribution in [2.75, 3.05) is 32.1 Å². The number of carbonyl (C=O) groups excluding carboxylic acids is 1. The number of furan rings is 1. The smallest absolute Gasteiger partial charge is 0.266 e. The van der Waals surface area contributed by atoms with E-state index >= 15 is 0 Å². The number of amidine groups is 1. The van der Waals surface area contributed by atoms with E-state index in [2.05, 4.69) is 25.8 Å². The van der Waals surface area contributed by atoms with Crippen molar-refractivity contribution >= 4 is 50.7 Å². The predicted molar refractivity (Wildman–Crippen MR) is 89.6 cm³/mol. The van der Waals surface area contributed by atoms with E-state index in [1.165, 1.54) is 24.6 Å². The first-order chi connectivity index (χ1) is 10.1. The standard InChI is InChI=1S/C14H16BrN3O2S/c1-16-14-17(2)12(19)11(21-14)8-9-7-10(15)13(20-9)18-5-3-4-6-18/h7-8H,3-6H2,1-2H3/b11-8-,16-14?.